The first-order valence-corrected chi connectivity index (χ1v) is 29.9. The molecule has 4 amide bonds. The summed E-state index contributed by atoms with van der Waals surface area (Å²) in [5, 5.41) is 30.7. The van der Waals surface area contributed by atoms with Crippen molar-refractivity contribution < 1.29 is 96.1 Å². The van der Waals surface area contributed by atoms with E-state index in [1.165, 1.54) is 24.3 Å². The van der Waals surface area contributed by atoms with Crippen molar-refractivity contribution in [2.24, 2.45) is 0 Å². The van der Waals surface area contributed by atoms with Crippen LogP contribution in [-0.2, 0) is 85.9 Å². The summed E-state index contributed by atoms with van der Waals surface area (Å²) >= 11 is 0. The third-order valence-electron chi connectivity index (χ3n) is 11.0. The van der Waals surface area contributed by atoms with Gasteiger partial charge in [-0.25, -0.2) is 19.2 Å². The van der Waals surface area contributed by atoms with Gasteiger partial charge in [0.2, 0.25) is 0 Å². The lowest BCUT2D eigenvalue weighted by Crippen LogP contribution is -2.46. The van der Waals surface area contributed by atoms with Gasteiger partial charge < -0.3 is 74.2 Å². The minimum absolute atomic E-state index is 0.0118. The molecule has 3 aromatic carbocycles. The molecule has 3 aromatic rings. The largest absolute Gasteiger partial charge is 0.460 e. The molecule has 6 N–H and O–H groups in total. The molecule has 0 aromatic heterocycles. The quantitative estimate of drug-likeness (QED) is 0.0157. The van der Waals surface area contributed by atoms with Gasteiger partial charge in [-0.15, -0.1) is 0 Å². The topological polar surface area (TPSA) is 333 Å². The van der Waals surface area contributed by atoms with E-state index < -0.39 is 107 Å². The molecule has 0 fully saturated rings. The van der Waals surface area contributed by atoms with Crippen LogP contribution in [0.2, 0.25) is 0 Å². The summed E-state index contributed by atoms with van der Waals surface area (Å²) in [5.74, 6) is -2.44. The Morgan fingerprint density at radius 2 is 0.688 bits per heavy atom. The number of aliphatic hydroxyl groups excluding tert-OH is 2. The summed E-state index contributed by atoms with van der Waals surface area (Å²) in [6, 6.07) is 24.1. The van der Waals surface area contributed by atoms with E-state index in [1.807, 2.05) is 78.9 Å². The van der Waals surface area contributed by atoms with Crippen molar-refractivity contribution in [3.63, 3.8) is 0 Å². The second kappa shape index (κ2) is 44.4. The summed E-state index contributed by atoms with van der Waals surface area (Å²) in [7, 11) is 0. The number of esters is 4. The number of aldehydes is 1. The van der Waals surface area contributed by atoms with Gasteiger partial charge in [0.25, 0.3) is 0 Å². The van der Waals surface area contributed by atoms with Gasteiger partial charge >= 0.3 is 48.3 Å². The van der Waals surface area contributed by atoms with E-state index in [2.05, 4.69) is 52.3 Å². The molecule has 0 aliphatic carbocycles. The van der Waals surface area contributed by atoms with E-state index in [9.17, 15) is 58.2 Å². The molecule has 0 aliphatic rings. The van der Waals surface area contributed by atoms with Gasteiger partial charge in [-0.05, 0) is 99.8 Å². The molecule has 6 atom stereocenters. The molecular weight excluding hydrogens is 1200 g/mol. The van der Waals surface area contributed by atoms with E-state index in [0.717, 1.165) is 16.7 Å². The third kappa shape index (κ3) is 45.7. The van der Waals surface area contributed by atoms with Crippen LogP contribution < -0.4 is 21.3 Å². The van der Waals surface area contributed by atoms with Gasteiger partial charge in [-0.3, -0.25) is 24.0 Å². The number of nitrogens with one attached hydrogen (secondary N) is 4. The van der Waals surface area contributed by atoms with Crippen molar-refractivity contribution in [3.05, 3.63) is 158 Å². The fourth-order valence-corrected chi connectivity index (χ4v) is 7.40. The standard InChI is InChI=1S/2C19H27NO5.C19H25NO5.C12H19NO5/c3*1-5-11-24-18(23)20-15(13-17(22)25-19(2,3)4)16(21)12-14-9-7-6-8-10-14;1-5-6-17-11(16)13-9(8-14)7-10(15)18-12(2,3)4/h2*5-10,15-16,21H,1,11-13H2,2-4H3,(H,20,23);5-10,15H,1,11-13H2,2-4H3,(H,20,23);5,8-9H,1,6-7H2,2-4H3,(H,13,16)/t2*15-,16?;15-;9-/m0000/s1. The highest BCUT2D eigenvalue weighted by molar-refractivity contribution is 5.92. The van der Waals surface area contributed by atoms with Crippen LogP contribution in [0, 0.1) is 0 Å². The number of ketones is 1. The summed E-state index contributed by atoms with van der Waals surface area (Å²) in [6.45, 7) is 34.8. The molecule has 24 heteroatoms. The van der Waals surface area contributed by atoms with Gasteiger partial charge in [0.1, 0.15) is 61.2 Å². The monoisotopic (exact) mass is 1300 g/mol. The van der Waals surface area contributed by atoms with Gasteiger partial charge in [0.15, 0.2) is 5.78 Å². The number of hydrogen-bond donors (Lipinski definition) is 6. The third-order valence-corrected chi connectivity index (χ3v) is 11.0. The van der Waals surface area contributed by atoms with Crippen molar-refractivity contribution in [3.8, 4) is 0 Å². The van der Waals surface area contributed by atoms with Crippen LogP contribution in [0.5, 0.6) is 0 Å². The molecule has 2 unspecified atom stereocenters. The van der Waals surface area contributed by atoms with E-state index in [0.29, 0.717) is 6.29 Å². The average Bonchev–Trinajstić information content (AvgIpc) is 1.24. The van der Waals surface area contributed by atoms with Crippen LogP contribution in [0.4, 0.5) is 19.2 Å². The maximum absolute atomic E-state index is 12.5. The molecule has 0 bridgehead atoms. The average molecular weight is 1300 g/mol. The first kappa shape index (κ1) is 83.8. The summed E-state index contributed by atoms with van der Waals surface area (Å²) in [4.78, 5) is 117. The SMILES string of the molecule is C=CCOC(=O)N[C@@H](CC(=O)OC(C)(C)C)C(=O)Cc1ccccc1.C=CCOC(=O)N[C@@H](CC(=O)OC(C)(C)C)C(O)Cc1ccccc1.C=CCOC(=O)N[C@@H](CC(=O)OC(C)(C)C)C(O)Cc1ccccc1.C=CCOC(=O)N[C@H](C=O)CC(=O)OC(C)(C)C. The Hall–Kier alpha value is -9.16. The van der Waals surface area contributed by atoms with E-state index in [4.69, 9.17) is 33.2 Å². The predicted molar refractivity (Wildman–Crippen MR) is 349 cm³/mol. The maximum atomic E-state index is 12.5. The Labute approximate surface area is 547 Å². The van der Waals surface area contributed by atoms with Crippen LogP contribution in [0.3, 0.4) is 0 Å². The smallest absolute Gasteiger partial charge is 0.408 e. The minimum atomic E-state index is -1.02. The highest BCUT2D eigenvalue weighted by Crippen LogP contribution is 2.17. The lowest BCUT2D eigenvalue weighted by molar-refractivity contribution is -0.157. The van der Waals surface area contributed by atoms with Gasteiger partial charge in [-0.2, -0.15) is 0 Å². The van der Waals surface area contributed by atoms with Gasteiger partial charge in [0, 0.05) is 19.3 Å². The highest BCUT2D eigenvalue weighted by Gasteiger charge is 2.31. The van der Waals surface area contributed by atoms with Crippen LogP contribution in [-0.4, -0.2) is 156 Å². The van der Waals surface area contributed by atoms with Crippen molar-refractivity contribution in [2.45, 2.75) is 187 Å². The van der Waals surface area contributed by atoms with Crippen LogP contribution in [0.1, 0.15) is 125 Å². The molecule has 0 heterocycles. The molecule has 0 saturated carbocycles. The van der Waals surface area contributed by atoms with E-state index >= 15 is 0 Å². The molecule has 0 aliphatic heterocycles. The molecule has 0 radical (unpaired) electrons. The van der Waals surface area contributed by atoms with E-state index in [-0.39, 0.29) is 77.2 Å². The van der Waals surface area contributed by atoms with E-state index in [1.54, 1.807) is 95.2 Å². The van der Waals surface area contributed by atoms with Crippen LogP contribution in [0.15, 0.2) is 142 Å². The van der Waals surface area contributed by atoms with Crippen molar-refractivity contribution in [2.75, 3.05) is 26.4 Å². The van der Waals surface area contributed by atoms with Crippen LogP contribution in [0.25, 0.3) is 0 Å². The normalized spacial score (nSPS) is 12.8. The molecule has 3 rings (SSSR count). The Balaban J connectivity index is 0.00000122. The Kier molecular flexibility index (Phi) is 40.0. The number of carbonyl (C=O) groups is 10. The molecule has 93 heavy (non-hydrogen) atoms. The summed E-state index contributed by atoms with van der Waals surface area (Å²) in [5.41, 5.74) is -0.00895. The van der Waals surface area contributed by atoms with Crippen LogP contribution >= 0.6 is 0 Å². The number of alkyl carbamates (subject to hydrolysis) is 4. The number of ether oxygens (including phenoxy) is 8. The Bertz CT molecular complexity index is 2700. The number of Topliss-reactive ketones (excluding diaryl/α,β-unsaturated/α-hetero) is 1. The summed E-state index contributed by atoms with van der Waals surface area (Å²) < 4.78 is 40.0. The van der Waals surface area contributed by atoms with Gasteiger partial charge in [-0.1, -0.05) is 142 Å². The molecule has 24 nitrogen and oxygen atoms in total. The number of amides is 4. The minimum Gasteiger partial charge on any atom is -0.460 e. The zero-order valence-electron chi connectivity index (χ0n) is 55.9. The van der Waals surface area contributed by atoms with Gasteiger partial charge in [0.05, 0.1) is 56.0 Å². The number of aliphatic hydroxyl groups is 2. The molecular formula is C69H98N4O20. The Morgan fingerprint density at radius 1 is 0.409 bits per heavy atom. The van der Waals surface area contributed by atoms with Crippen molar-refractivity contribution in [1.82, 2.24) is 21.3 Å². The fourth-order valence-electron chi connectivity index (χ4n) is 7.40. The lowest BCUT2D eigenvalue weighted by Gasteiger charge is -2.26. The number of benzene rings is 3. The molecule has 0 spiro atoms. The Morgan fingerprint density at radius 3 is 0.989 bits per heavy atom. The zero-order chi connectivity index (χ0) is 70.8. The predicted octanol–water partition coefficient (Wildman–Crippen LogP) is 9.21. The number of carbonyl (C=O) groups excluding carboxylic acids is 10. The molecule has 514 valence electrons. The fraction of sp³-hybridized carbons (Fsp3) is 0.478. The number of rotatable bonds is 30. The lowest BCUT2D eigenvalue weighted by atomic mass is 9.99. The summed E-state index contributed by atoms with van der Waals surface area (Å²) in [6.07, 6.45) is 1.05. The zero-order valence-corrected chi connectivity index (χ0v) is 55.9. The first-order chi connectivity index (χ1) is 43.4. The van der Waals surface area contributed by atoms with Crippen molar-refractivity contribution in [1.29, 1.82) is 0 Å². The highest BCUT2D eigenvalue weighted by atomic mass is 16.6. The maximum Gasteiger partial charge on any atom is 0.408 e. The van der Waals surface area contributed by atoms with Crippen molar-refractivity contribution >= 4 is 60.3 Å². The first-order valence-electron chi connectivity index (χ1n) is 29.9. The number of hydrogen-bond acceptors (Lipinski definition) is 20. The molecule has 0 saturated heterocycles. The second-order valence-corrected chi connectivity index (χ2v) is 24.4. The second-order valence-electron chi connectivity index (χ2n) is 24.4.